The summed E-state index contributed by atoms with van der Waals surface area (Å²) >= 11 is 0. The van der Waals surface area contributed by atoms with E-state index in [-0.39, 0.29) is 23.9 Å². The molecule has 1 saturated heterocycles. The van der Waals surface area contributed by atoms with E-state index in [0.717, 1.165) is 30.5 Å². The topological polar surface area (TPSA) is 66.6 Å². The van der Waals surface area contributed by atoms with E-state index >= 15 is 0 Å². The molecule has 122 valence electrons. The van der Waals surface area contributed by atoms with Crippen LogP contribution in [0.2, 0.25) is 0 Å². The lowest BCUT2D eigenvalue weighted by molar-refractivity contribution is -0.135. The smallest absolute Gasteiger partial charge is 0.225 e. The molecule has 23 heavy (non-hydrogen) atoms. The third kappa shape index (κ3) is 3.01. The minimum absolute atomic E-state index is 0.0506. The van der Waals surface area contributed by atoms with Crippen LogP contribution in [-0.2, 0) is 9.59 Å². The van der Waals surface area contributed by atoms with Crippen LogP contribution in [0.3, 0.4) is 0 Å². The number of carbonyl (C=O) groups excluding carboxylic acids is 2. The Hall–Kier alpha value is -2.14. The molecule has 2 atom stereocenters. The summed E-state index contributed by atoms with van der Waals surface area (Å²) in [5, 5.41) is 0. The van der Waals surface area contributed by atoms with Crippen LogP contribution in [-0.4, -0.2) is 40.7 Å². The summed E-state index contributed by atoms with van der Waals surface area (Å²) in [4.78, 5) is 28.3. The van der Waals surface area contributed by atoms with Gasteiger partial charge in [0.25, 0.3) is 0 Å². The number of rotatable bonds is 3. The highest BCUT2D eigenvalue weighted by Gasteiger charge is 2.33. The second-order valence-electron chi connectivity index (χ2n) is 6.21. The highest BCUT2D eigenvalue weighted by atomic mass is 16.2. The first-order chi connectivity index (χ1) is 11.1. The summed E-state index contributed by atoms with van der Waals surface area (Å²) in [6, 6.07) is 7.84. The number of likely N-dealkylation sites (tertiary alicyclic amines) is 1. The number of hydrogen-bond donors (Lipinski definition) is 1. The van der Waals surface area contributed by atoms with E-state index in [0.29, 0.717) is 13.0 Å². The van der Waals surface area contributed by atoms with E-state index in [4.69, 9.17) is 5.73 Å². The van der Waals surface area contributed by atoms with Gasteiger partial charge in [-0.15, -0.1) is 0 Å². The molecule has 2 unspecified atom stereocenters. The van der Waals surface area contributed by atoms with Gasteiger partial charge in [0.1, 0.15) is 0 Å². The number of hydrogen-bond acceptors (Lipinski definition) is 3. The van der Waals surface area contributed by atoms with Crippen LogP contribution < -0.4 is 5.73 Å². The predicted molar refractivity (Wildman–Crippen MR) is 89.1 cm³/mol. The van der Waals surface area contributed by atoms with Crippen molar-refractivity contribution < 1.29 is 9.59 Å². The first-order valence-electron chi connectivity index (χ1n) is 8.17. The van der Waals surface area contributed by atoms with Gasteiger partial charge in [-0.05, 0) is 30.0 Å². The Bertz CT molecular complexity index is 641. The molecule has 2 aliphatic rings. The molecule has 2 amide bonds. The lowest BCUT2D eigenvalue weighted by atomic mass is 9.93. The molecule has 2 N–H and O–H groups in total. The van der Waals surface area contributed by atoms with Crippen molar-refractivity contribution in [3.8, 4) is 0 Å². The Morgan fingerprint density at radius 1 is 1.30 bits per heavy atom. The van der Waals surface area contributed by atoms with Crippen molar-refractivity contribution in [3.63, 3.8) is 0 Å². The highest BCUT2D eigenvalue weighted by molar-refractivity contribution is 5.82. The minimum atomic E-state index is -0.236. The zero-order valence-corrected chi connectivity index (χ0v) is 13.4. The zero-order valence-electron chi connectivity index (χ0n) is 13.4. The molecule has 1 fully saturated rings. The lowest BCUT2D eigenvalue weighted by Gasteiger charge is -2.34. The van der Waals surface area contributed by atoms with Gasteiger partial charge in [0, 0.05) is 32.3 Å². The Kier molecular flexibility index (Phi) is 4.48. The monoisotopic (exact) mass is 313 g/mol. The maximum atomic E-state index is 12.8. The van der Waals surface area contributed by atoms with E-state index in [9.17, 15) is 9.59 Å². The van der Waals surface area contributed by atoms with Gasteiger partial charge in [0.15, 0.2) is 0 Å². The average molecular weight is 313 g/mol. The molecular weight excluding hydrogens is 290 g/mol. The van der Waals surface area contributed by atoms with Crippen LogP contribution in [0.25, 0.3) is 6.08 Å². The molecule has 0 spiro atoms. The van der Waals surface area contributed by atoms with Gasteiger partial charge in [-0.25, -0.2) is 0 Å². The van der Waals surface area contributed by atoms with E-state index in [1.165, 1.54) is 6.92 Å². The summed E-state index contributed by atoms with van der Waals surface area (Å²) in [5.41, 5.74) is 7.88. The maximum Gasteiger partial charge on any atom is 0.225 e. The van der Waals surface area contributed by atoms with Crippen molar-refractivity contribution in [2.24, 2.45) is 5.73 Å². The van der Waals surface area contributed by atoms with Gasteiger partial charge < -0.3 is 15.5 Å². The Morgan fingerprint density at radius 3 is 2.83 bits per heavy atom. The van der Waals surface area contributed by atoms with E-state index in [1.807, 2.05) is 35.2 Å². The summed E-state index contributed by atoms with van der Waals surface area (Å²) in [6.07, 6.45) is 5.99. The molecular formula is C18H23N3O2. The van der Waals surface area contributed by atoms with Crippen LogP contribution in [0.5, 0.6) is 0 Å². The molecule has 0 aliphatic carbocycles. The summed E-state index contributed by atoms with van der Waals surface area (Å²) in [6.45, 7) is 2.81. The number of nitrogens with two attached hydrogens (primary N) is 1. The Morgan fingerprint density at radius 2 is 2.09 bits per heavy atom. The van der Waals surface area contributed by atoms with Crippen LogP contribution in [0, 0.1) is 0 Å². The molecule has 5 nitrogen and oxygen atoms in total. The van der Waals surface area contributed by atoms with Gasteiger partial charge in [0.2, 0.25) is 11.8 Å². The molecule has 2 aliphatic heterocycles. The van der Waals surface area contributed by atoms with Crippen LogP contribution >= 0.6 is 0 Å². The molecule has 2 heterocycles. The van der Waals surface area contributed by atoms with Gasteiger partial charge in [0.05, 0.1) is 12.5 Å². The Labute approximate surface area is 136 Å². The van der Waals surface area contributed by atoms with E-state index in [1.54, 1.807) is 11.1 Å². The largest absolute Gasteiger partial charge is 0.338 e. The molecule has 0 radical (unpaired) electrons. The van der Waals surface area contributed by atoms with Crippen LogP contribution in [0.1, 0.15) is 43.4 Å². The van der Waals surface area contributed by atoms with Crippen molar-refractivity contribution in [1.29, 1.82) is 0 Å². The zero-order chi connectivity index (χ0) is 16.4. The van der Waals surface area contributed by atoms with Gasteiger partial charge in [-0.1, -0.05) is 24.3 Å². The fraction of sp³-hybridized carbons (Fsp3) is 0.444. The number of nitrogens with zero attached hydrogens (tertiary/aromatic N) is 2. The van der Waals surface area contributed by atoms with Crippen molar-refractivity contribution in [2.45, 2.75) is 38.3 Å². The van der Waals surface area contributed by atoms with Crippen molar-refractivity contribution >= 4 is 17.9 Å². The fourth-order valence-corrected chi connectivity index (χ4v) is 3.60. The molecule has 0 aromatic heterocycles. The minimum Gasteiger partial charge on any atom is -0.338 e. The summed E-state index contributed by atoms with van der Waals surface area (Å²) in [7, 11) is 0. The first kappa shape index (κ1) is 15.7. The summed E-state index contributed by atoms with van der Waals surface area (Å²) < 4.78 is 0. The normalized spacial score (nSPS) is 23.0. The molecule has 0 saturated carbocycles. The average Bonchev–Trinajstić information content (AvgIpc) is 3.03. The molecule has 5 heteroatoms. The summed E-state index contributed by atoms with van der Waals surface area (Å²) in [5.74, 6) is 0.0321. The Balaban J connectivity index is 1.85. The van der Waals surface area contributed by atoms with Crippen LogP contribution in [0.15, 0.2) is 30.5 Å². The molecule has 1 aromatic rings. The highest BCUT2D eigenvalue weighted by Crippen LogP contribution is 2.34. The number of carbonyl (C=O) groups is 2. The molecule has 3 rings (SSSR count). The second kappa shape index (κ2) is 6.54. The number of fused-ring (bicyclic) bond motifs is 1. The van der Waals surface area contributed by atoms with Gasteiger partial charge in [-0.2, -0.15) is 0 Å². The van der Waals surface area contributed by atoms with Crippen molar-refractivity contribution in [3.05, 3.63) is 41.6 Å². The van der Waals surface area contributed by atoms with Crippen molar-refractivity contribution in [1.82, 2.24) is 9.80 Å². The van der Waals surface area contributed by atoms with E-state index < -0.39 is 0 Å². The number of amides is 2. The fourth-order valence-electron chi connectivity index (χ4n) is 3.60. The third-order valence-corrected chi connectivity index (χ3v) is 4.81. The second-order valence-corrected chi connectivity index (χ2v) is 6.21. The van der Waals surface area contributed by atoms with Gasteiger partial charge in [-0.3, -0.25) is 9.59 Å². The maximum absolute atomic E-state index is 12.8. The van der Waals surface area contributed by atoms with Gasteiger partial charge >= 0.3 is 0 Å². The third-order valence-electron chi connectivity index (χ3n) is 4.81. The number of benzene rings is 1. The SMILES string of the molecule is CC(=O)N1C=Cc2ccccc2C1CC(=O)N1CCCC1CN. The van der Waals surface area contributed by atoms with Crippen molar-refractivity contribution in [2.75, 3.05) is 13.1 Å². The quantitative estimate of drug-likeness (QED) is 0.927. The first-order valence-corrected chi connectivity index (χ1v) is 8.17. The molecule has 0 bridgehead atoms. The lowest BCUT2D eigenvalue weighted by Crippen LogP contribution is -2.42. The van der Waals surface area contributed by atoms with Crippen LogP contribution in [0.4, 0.5) is 0 Å². The standard InChI is InChI=1S/C18H23N3O2/c1-13(22)20-10-8-14-5-2-3-7-16(14)17(20)11-18(23)21-9-4-6-15(21)12-19/h2-3,5,7-8,10,15,17H,4,6,9,11-12,19H2,1H3. The predicted octanol–water partition coefficient (Wildman–Crippen LogP) is 1.90. The van der Waals surface area contributed by atoms with E-state index in [2.05, 4.69) is 0 Å². The molecule has 1 aromatic carbocycles.